The van der Waals surface area contributed by atoms with Gasteiger partial charge in [0.25, 0.3) is 11.8 Å². The molecule has 24 heavy (non-hydrogen) atoms. The van der Waals surface area contributed by atoms with E-state index in [1.54, 1.807) is 6.07 Å². The second-order valence-corrected chi connectivity index (χ2v) is 6.51. The minimum absolute atomic E-state index is 0.204. The van der Waals surface area contributed by atoms with Gasteiger partial charge in [-0.15, -0.1) is 0 Å². The molecule has 6 heteroatoms. The highest BCUT2D eigenvalue weighted by Crippen LogP contribution is 2.27. The van der Waals surface area contributed by atoms with Gasteiger partial charge in [0.2, 0.25) is 0 Å². The third kappa shape index (κ3) is 3.74. The van der Waals surface area contributed by atoms with Crippen molar-refractivity contribution in [1.82, 2.24) is 10.3 Å². The molecule has 2 amide bonds. The largest absolute Gasteiger partial charge is 0.349 e. The molecule has 1 aliphatic rings. The van der Waals surface area contributed by atoms with Crippen LogP contribution in [0.25, 0.3) is 0 Å². The quantitative estimate of drug-likeness (QED) is 0.892. The number of benzene rings is 1. The van der Waals surface area contributed by atoms with Crippen molar-refractivity contribution in [1.29, 1.82) is 0 Å². The van der Waals surface area contributed by atoms with Gasteiger partial charge < -0.3 is 10.6 Å². The molecule has 1 aromatic carbocycles. The maximum Gasteiger partial charge on any atom is 0.257 e. The number of nitrogens with one attached hydrogen (secondary N) is 2. The fraction of sp³-hybridized carbons (Fsp3) is 0.278. The van der Waals surface area contributed by atoms with Crippen LogP contribution in [0.5, 0.6) is 0 Å². The summed E-state index contributed by atoms with van der Waals surface area (Å²) < 4.78 is 0. The van der Waals surface area contributed by atoms with E-state index >= 15 is 0 Å². The fourth-order valence-electron chi connectivity index (χ4n) is 2.44. The van der Waals surface area contributed by atoms with Crippen LogP contribution in [-0.2, 0) is 0 Å². The van der Waals surface area contributed by atoms with Crippen LogP contribution in [0.15, 0.2) is 30.6 Å². The lowest BCUT2D eigenvalue weighted by Crippen LogP contribution is -2.26. The Balaban J connectivity index is 1.79. The normalized spacial score (nSPS) is 13.5. The number of anilines is 1. The van der Waals surface area contributed by atoms with Gasteiger partial charge in [-0.3, -0.25) is 14.6 Å². The molecule has 1 aromatic heterocycles. The highest BCUT2D eigenvalue weighted by Gasteiger charge is 2.24. The van der Waals surface area contributed by atoms with E-state index in [2.05, 4.69) is 15.6 Å². The fourth-order valence-corrected chi connectivity index (χ4v) is 2.81. The average molecular weight is 344 g/mol. The van der Waals surface area contributed by atoms with Crippen molar-refractivity contribution in [2.75, 3.05) is 5.32 Å². The number of carbonyl (C=O) groups excluding carboxylic acids is 2. The Hall–Kier alpha value is -2.40. The molecule has 5 nitrogen and oxygen atoms in total. The van der Waals surface area contributed by atoms with E-state index in [4.69, 9.17) is 11.6 Å². The van der Waals surface area contributed by atoms with Gasteiger partial charge in [0, 0.05) is 18.4 Å². The van der Waals surface area contributed by atoms with E-state index in [1.165, 1.54) is 18.5 Å². The molecule has 1 aliphatic carbocycles. The lowest BCUT2D eigenvalue weighted by atomic mass is 10.1. The summed E-state index contributed by atoms with van der Waals surface area (Å²) in [5, 5.41) is 6.16. The first-order valence-corrected chi connectivity index (χ1v) is 8.16. The minimum atomic E-state index is -0.350. The molecule has 0 unspecified atom stereocenters. The number of amides is 2. The van der Waals surface area contributed by atoms with E-state index in [-0.39, 0.29) is 17.9 Å². The molecule has 0 saturated heterocycles. The first-order valence-electron chi connectivity index (χ1n) is 7.78. The van der Waals surface area contributed by atoms with Crippen molar-refractivity contribution in [3.63, 3.8) is 0 Å². The Morgan fingerprint density at radius 2 is 1.75 bits per heavy atom. The molecule has 1 heterocycles. The van der Waals surface area contributed by atoms with Crippen LogP contribution < -0.4 is 10.6 Å². The molecule has 0 bridgehead atoms. The number of halogens is 1. The first kappa shape index (κ1) is 16.5. The average Bonchev–Trinajstić information content (AvgIpc) is 3.34. The molecule has 1 fully saturated rings. The maximum absolute atomic E-state index is 12.5. The molecule has 124 valence electrons. The summed E-state index contributed by atoms with van der Waals surface area (Å²) in [6, 6.07) is 5.53. The molecule has 1 saturated carbocycles. The third-order valence-corrected chi connectivity index (χ3v) is 4.14. The first-order chi connectivity index (χ1) is 11.4. The highest BCUT2D eigenvalue weighted by atomic mass is 35.5. The molecular formula is C18H18ClN3O2. The number of hydrogen-bond donors (Lipinski definition) is 2. The number of aromatic nitrogens is 1. The van der Waals surface area contributed by atoms with E-state index in [0.29, 0.717) is 21.8 Å². The maximum atomic E-state index is 12.5. The summed E-state index contributed by atoms with van der Waals surface area (Å²) in [5.41, 5.74) is 3.16. The van der Waals surface area contributed by atoms with Gasteiger partial charge in [0.05, 0.1) is 21.8 Å². The summed E-state index contributed by atoms with van der Waals surface area (Å²) in [5.74, 6) is -0.554. The monoisotopic (exact) mass is 343 g/mol. The summed E-state index contributed by atoms with van der Waals surface area (Å²) in [6.07, 6.45) is 4.90. The summed E-state index contributed by atoms with van der Waals surface area (Å²) in [4.78, 5) is 28.5. The van der Waals surface area contributed by atoms with Gasteiger partial charge in [-0.1, -0.05) is 17.7 Å². The van der Waals surface area contributed by atoms with E-state index < -0.39 is 0 Å². The topological polar surface area (TPSA) is 71.1 Å². The zero-order valence-electron chi connectivity index (χ0n) is 13.5. The number of hydrogen-bond acceptors (Lipinski definition) is 3. The molecule has 2 N–H and O–H groups in total. The van der Waals surface area contributed by atoms with Gasteiger partial charge >= 0.3 is 0 Å². The van der Waals surface area contributed by atoms with Crippen molar-refractivity contribution in [2.45, 2.75) is 32.7 Å². The molecule has 0 radical (unpaired) electrons. The molecule has 0 aliphatic heterocycles. The van der Waals surface area contributed by atoms with E-state index in [0.717, 1.165) is 24.0 Å². The molecule has 2 aromatic rings. The standard InChI is InChI=1S/C18H18ClN3O2/c1-10-5-11(2)16(15(19)6-10)22-18(24)13-7-12(8-20-9-13)17(23)21-14-3-4-14/h5-9,14H,3-4H2,1-2H3,(H,21,23)(H,22,24). The molecule has 0 atom stereocenters. The van der Waals surface area contributed by atoms with Gasteiger partial charge in [-0.2, -0.15) is 0 Å². The van der Waals surface area contributed by atoms with E-state index in [1.807, 2.05) is 19.9 Å². The van der Waals surface area contributed by atoms with Crippen LogP contribution in [0, 0.1) is 13.8 Å². The van der Waals surface area contributed by atoms with Gasteiger partial charge in [0.1, 0.15) is 0 Å². The predicted octanol–water partition coefficient (Wildman–Crippen LogP) is 3.50. The van der Waals surface area contributed by atoms with Gasteiger partial charge in [0.15, 0.2) is 0 Å². The number of rotatable bonds is 4. The van der Waals surface area contributed by atoms with Crippen molar-refractivity contribution in [3.8, 4) is 0 Å². The molecular weight excluding hydrogens is 326 g/mol. The SMILES string of the molecule is Cc1cc(C)c(NC(=O)c2cncc(C(=O)NC3CC3)c2)c(Cl)c1. The predicted molar refractivity (Wildman–Crippen MR) is 93.6 cm³/mol. The van der Waals surface area contributed by atoms with Crippen molar-refractivity contribution < 1.29 is 9.59 Å². The third-order valence-electron chi connectivity index (χ3n) is 3.85. The lowest BCUT2D eigenvalue weighted by molar-refractivity contribution is 0.0950. The van der Waals surface area contributed by atoms with Crippen LogP contribution in [0.2, 0.25) is 5.02 Å². The Morgan fingerprint density at radius 1 is 1.08 bits per heavy atom. The lowest BCUT2D eigenvalue weighted by Gasteiger charge is -2.12. The summed E-state index contributed by atoms with van der Waals surface area (Å²) in [6.45, 7) is 3.82. The minimum Gasteiger partial charge on any atom is -0.349 e. The zero-order valence-corrected chi connectivity index (χ0v) is 14.3. The van der Waals surface area contributed by atoms with Crippen LogP contribution in [-0.4, -0.2) is 22.8 Å². The Kier molecular flexibility index (Phi) is 4.53. The smallest absolute Gasteiger partial charge is 0.257 e. The van der Waals surface area contributed by atoms with Crippen LogP contribution >= 0.6 is 11.6 Å². The Morgan fingerprint density at radius 3 is 2.38 bits per heavy atom. The zero-order chi connectivity index (χ0) is 17.3. The van der Waals surface area contributed by atoms with Crippen LogP contribution in [0.4, 0.5) is 5.69 Å². The summed E-state index contributed by atoms with van der Waals surface area (Å²) >= 11 is 6.22. The number of carbonyl (C=O) groups is 2. The number of pyridine rings is 1. The second-order valence-electron chi connectivity index (χ2n) is 6.10. The molecule has 0 spiro atoms. The Labute approximate surface area is 145 Å². The van der Waals surface area contributed by atoms with E-state index in [9.17, 15) is 9.59 Å². The van der Waals surface area contributed by atoms with Gasteiger partial charge in [-0.05, 0) is 49.9 Å². The summed E-state index contributed by atoms with van der Waals surface area (Å²) in [7, 11) is 0. The Bertz CT molecular complexity index is 793. The molecule has 3 rings (SSSR count). The van der Waals surface area contributed by atoms with Gasteiger partial charge in [-0.25, -0.2) is 0 Å². The highest BCUT2D eigenvalue weighted by molar-refractivity contribution is 6.34. The van der Waals surface area contributed by atoms with Crippen LogP contribution in [0.1, 0.15) is 44.7 Å². The van der Waals surface area contributed by atoms with Crippen LogP contribution in [0.3, 0.4) is 0 Å². The number of aryl methyl sites for hydroxylation is 2. The van der Waals surface area contributed by atoms with Crippen molar-refractivity contribution in [3.05, 3.63) is 57.9 Å². The number of nitrogens with zero attached hydrogens (tertiary/aromatic N) is 1. The second kappa shape index (κ2) is 6.61. The van der Waals surface area contributed by atoms with Crippen molar-refractivity contribution >= 4 is 29.1 Å². The van der Waals surface area contributed by atoms with Crippen molar-refractivity contribution in [2.24, 2.45) is 0 Å².